The van der Waals surface area contributed by atoms with Crippen LogP contribution in [0.25, 0.3) is 0 Å². The van der Waals surface area contributed by atoms with Crippen molar-refractivity contribution in [1.82, 2.24) is 5.32 Å². The van der Waals surface area contributed by atoms with Gasteiger partial charge >= 0.3 is 0 Å². The predicted octanol–water partition coefficient (Wildman–Crippen LogP) is 4.03. The van der Waals surface area contributed by atoms with E-state index >= 15 is 0 Å². The molecule has 4 heteroatoms. The lowest BCUT2D eigenvalue weighted by Crippen LogP contribution is -2.22. The van der Waals surface area contributed by atoms with Gasteiger partial charge in [-0.15, -0.1) is 11.3 Å². The maximum Gasteiger partial charge on any atom is 0.131 e. The number of hydrogen-bond acceptors (Lipinski definition) is 2. The van der Waals surface area contributed by atoms with Gasteiger partial charge in [0.25, 0.3) is 0 Å². The van der Waals surface area contributed by atoms with Crippen LogP contribution in [0, 0.1) is 18.6 Å². The first kappa shape index (κ1) is 13.2. The zero-order valence-electron chi connectivity index (χ0n) is 10.3. The Hall–Kier alpha value is -1.26. The van der Waals surface area contributed by atoms with E-state index in [0.717, 1.165) is 17.5 Å². The fourth-order valence-electron chi connectivity index (χ4n) is 1.92. The molecule has 96 valence electrons. The maximum absolute atomic E-state index is 13.9. The number of benzene rings is 1. The number of hydrogen-bond donors (Lipinski definition) is 1. The van der Waals surface area contributed by atoms with Gasteiger partial charge < -0.3 is 5.32 Å². The van der Waals surface area contributed by atoms with Gasteiger partial charge in [0.2, 0.25) is 0 Å². The topological polar surface area (TPSA) is 12.0 Å². The number of halogens is 2. The first-order valence-corrected chi connectivity index (χ1v) is 6.73. The van der Waals surface area contributed by atoms with Crippen molar-refractivity contribution < 1.29 is 8.78 Å². The van der Waals surface area contributed by atoms with Gasteiger partial charge in [0, 0.05) is 16.5 Å². The van der Waals surface area contributed by atoms with Crippen LogP contribution in [-0.2, 0) is 0 Å². The zero-order valence-corrected chi connectivity index (χ0v) is 11.2. The quantitative estimate of drug-likeness (QED) is 0.881. The minimum atomic E-state index is -0.502. The molecule has 18 heavy (non-hydrogen) atoms. The summed E-state index contributed by atoms with van der Waals surface area (Å²) < 4.78 is 27.2. The third kappa shape index (κ3) is 2.60. The van der Waals surface area contributed by atoms with Crippen molar-refractivity contribution >= 4 is 11.3 Å². The summed E-state index contributed by atoms with van der Waals surface area (Å²) in [4.78, 5) is 1.03. The van der Waals surface area contributed by atoms with Crippen LogP contribution < -0.4 is 5.32 Å². The Labute approximate surface area is 109 Å². The summed E-state index contributed by atoms with van der Waals surface area (Å²) in [5.41, 5.74) is 0.962. The van der Waals surface area contributed by atoms with Gasteiger partial charge in [-0.3, -0.25) is 0 Å². The van der Waals surface area contributed by atoms with Crippen LogP contribution >= 0.6 is 11.3 Å². The van der Waals surface area contributed by atoms with Gasteiger partial charge in [-0.2, -0.15) is 0 Å². The summed E-state index contributed by atoms with van der Waals surface area (Å²) in [6, 6.07) is 6.21. The predicted molar refractivity (Wildman–Crippen MR) is 70.9 cm³/mol. The van der Waals surface area contributed by atoms with Crippen molar-refractivity contribution in [3.05, 3.63) is 57.3 Å². The molecule has 0 saturated carbocycles. The molecule has 0 aliphatic rings. The van der Waals surface area contributed by atoms with Crippen LogP contribution in [-0.4, -0.2) is 6.54 Å². The molecule has 1 atom stereocenters. The van der Waals surface area contributed by atoms with Crippen molar-refractivity contribution in [1.29, 1.82) is 0 Å². The van der Waals surface area contributed by atoms with E-state index in [2.05, 4.69) is 5.32 Å². The number of thiophene rings is 1. The smallest absolute Gasteiger partial charge is 0.131 e. The SMILES string of the molecule is CCNC(c1cccs1)c1cc(C)c(F)cc1F. The Morgan fingerprint density at radius 2 is 2.06 bits per heavy atom. The Kier molecular flexibility index (Phi) is 4.09. The second-order valence-electron chi connectivity index (χ2n) is 4.13. The van der Waals surface area contributed by atoms with Crippen LogP contribution in [0.2, 0.25) is 0 Å². The fourth-order valence-corrected chi connectivity index (χ4v) is 2.74. The number of aryl methyl sites for hydroxylation is 1. The van der Waals surface area contributed by atoms with E-state index in [0.29, 0.717) is 11.1 Å². The Balaban J connectivity index is 2.46. The molecule has 1 N–H and O–H groups in total. The molecule has 0 aliphatic heterocycles. The fraction of sp³-hybridized carbons (Fsp3) is 0.286. The summed E-state index contributed by atoms with van der Waals surface area (Å²) in [6.07, 6.45) is 0. The van der Waals surface area contributed by atoms with Gasteiger partial charge in [0.15, 0.2) is 0 Å². The summed E-state index contributed by atoms with van der Waals surface area (Å²) in [5.74, 6) is -1.00. The lowest BCUT2D eigenvalue weighted by Gasteiger charge is -2.18. The molecular weight excluding hydrogens is 252 g/mol. The molecule has 2 rings (SSSR count). The highest BCUT2D eigenvalue weighted by atomic mass is 32.1. The molecule has 0 spiro atoms. The van der Waals surface area contributed by atoms with Crippen LogP contribution in [0.15, 0.2) is 29.6 Å². The standard InChI is InChI=1S/C14H15F2NS/c1-3-17-14(13-5-4-6-18-13)10-7-9(2)11(15)8-12(10)16/h4-8,14,17H,3H2,1-2H3. The second-order valence-corrected chi connectivity index (χ2v) is 5.11. The highest BCUT2D eigenvalue weighted by Gasteiger charge is 2.19. The van der Waals surface area contributed by atoms with Gasteiger partial charge in [-0.1, -0.05) is 13.0 Å². The minimum Gasteiger partial charge on any atom is -0.306 e. The molecule has 0 saturated heterocycles. The molecule has 0 radical (unpaired) electrons. The average Bonchev–Trinajstić information content (AvgIpc) is 2.85. The molecule has 1 aromatic carbocycles. The van der Waals surface area contributed by atoms with Crippen molar-refractivity contribution in [3.63, 3.8) is 0 Å². The number of nitrogens with one attached hydrogen (secondary N) is 1. The van der Waals surface area contributed by atoms with Crippen LogP contribution in [0.3, 0.4) is 0 Å². The van der Waals surface area contributed by atoms with E-state index in [9.17, 15) is 8.78 Å². The molecule has 2 aromatic rings. The van der Waals surface area contributed by atoms with Crippen LogP contribution in [0.4, 0.5) is 8.78 Å². The third-order valence-corrected chi connectivity index (χ3v) is 3.76. The molecule has 1 aromatic heterocycles. The molecular formula is C14H15F2NS. The van der Waals surface area contributed by atoms with Gasteiger partial charge in [0.1, 0.15) is 11.6 Å². The van der Waals surface area contributed by atoms with E-state index in [1.54, 1.807) is 24.3 Å². The first-order chi connectivity index (χ1) is 8.63. The highest BCUT2D eigenvalue weighted by Crippen LogP contribution is 2.29. The lowest BCUT2D eigenvalue weighted by atomic mass is 10.0. The average molecular weight is 267 g/mol. The van der Waals surface area contributed by atoms with Crippen LogP contribution in [0.5, 0.6) is 0 Å². The highest BCUT2D eigenvalue weighted by molar-refractivity contribution is 7.10. The lowest BCUT2D eigenvalue weighted by molar-refractivity contribution is 0.540. The van der Waals surface area contributed by atoms with E-state index < -0.39 is 11.6 Å². The molecule has 1 nitrogen and oxygen atoms in total. The normalized spacial score (nSPS) is 12.7. The van der Waals surface area contributed by atoms with Gasteiger partial charge in [0.05, 0.1) is 6.04 Å². The summed E-state index contributed by atoms with van der Waals surface area (Å²) in [5, 5.41) is 5.19. The maximum atomic E-state index is 13.9. The zero-order chi connectivity index (χ0) is 13.1. The summed E-state index contributed by atoms with van der Waals surface area (Å²) >= 11 is 1.56. The third-order valence-electron chi connectivity index (χ3n) is 2.82. The molecule has 0 aliphatic carbocycles. The van der Waals surface area contributed by atoms with E-state index in [4.69, 9.17) is 0 Å². The Morgan fingerprint density at radius 3 is 2.67 bits per heavy atom. The van der Waals surface area contributed by atoms with Gasteiger partial charge in [-0.05, 0) is 36.5 Å². The second kappa shape index (κ2) is 5.59. The van der Waals surface area contributed by atoms with E-state index in [1.807, 2.05) is 24.4 Å². The first-order valence-electron chi connectivity index (χ1n) is 5.85. The summed E-state index contributed by atoms with van der Waals surface area (Å²) in [7, 11) is 0. The molecule has 1 heterocycles. The largest absolute Gasteiger partial charge is 0.306 e. The van der Waals surface area contributed by atoms with Crippen molar-refractivity contribution in [2.45, 2.75) is 19.9 Å². The molecule has 0 bridgehead atoms. The minimum absolute atomic E-state index is 0.214. The Morgan fingerprint density at radius 1 is 1.28 bits per heavy atom. The molecule has 0 amide bonds. The molecule has 1 unspecified atom stereocenters. The van der Waals surface area contributed by atoms with Crippen molar-refractivity contribution in [2.24, 2.45) is 0 Å². The summed E-state index contributed by atoms with van der Waals surface area (Å²) in [6.45, 7) is 4.34. The Bertz CT molecular complexity index is 523. The van der Waals surface area contributed by atoms with Crippen molar-refractivity contribution in [2.75, 3.05) is 6.54 Å². The number of rotatable bonds is 4. The van der Waals surface area contributed by atoms with Gasteiger partial charge in [-0.25, -0.2) is 8.78 Å². The van der Waals surface area contributed by atoms with Crippen LogP contribution in [0.1, 0.15) is 29.0 Å². The van der Waals surface area contributed by atoms with E-state index in [-0.39, 0.29) is 6.04 Å². The van der Waals surface area contributed by atoms with Crippen molar-refractivity contribution in [3.8, 4) is 0 Å². The molecule has 0 fully saturated rings. The monoisotopic (exact) mass is 267 g/mol. The van der Waals surface area contributed by atoms with E-state index in [1.165, 1.54) is 0 Å².